The van der Waals surface area contributed by atoms with Crippen molar-refractivity contribution < 1.29 is 21.0 Å². The number of benzene rings is 1. The normalized spacial score (nSPS) is 17.6. The van der Waals surface area contributed by atoms with Crippen LogP contribution in [0.25, 0.3) is 6.08 Å². The van der Waals surface area contributed by atoms with Crippen molar-refractivity contribution in [1.82, 2.24) is 0 Å². The zero-order chi connectivity index (χ0) is 13.7. The monoisotopic (exact) mass is 353 g/mol. The van der Waals surface area contributed by atoms with Gasteiger partial charge in [0.2, 0.25) is 10.0 Å². The van der Waals surface area contributed by atoms with Gasteiger partial charge >= 0.3 is 10.1 Å². The highest BCUT2D eigenvalue weighted by Gasteiger charge is 2.29. The Hall–Kier alpha value is -0.900. The molecule has 0 spiro atoms. The lowest BCUT2D eigenvalue weighted by Crippen LogP contribution is -2.20. The van der Waals surface area contributed by atoms with E-state index in [-0.39, 0.29) is 15.6 Å². The van der Waals surface area contributed by atoms with Crippen LogP contribution in [0, 0.1) is 0 Å². The van der Waals surface area contributed by atoms with Gasteiger partial charge in [-0.05, 0) is 25.1 Å². The Morgan fingerprint density at radius 2 is 1.94 bits per heavy atom. The van der Waals surface area contributed by atoms with Crippen molar-refractivity contribution in [3.63, 3.8) is 0 Å². The Morgan fingerprint density at radius 3 is 2.50 bits per heavy atom. The summed E-state index contributed by atoms with van der Waals surface area (Å²) in [4.78, 5) is -0.382. The van der Waals surface area contributed by atoms with Crippen molar-refractivity contribution in [3.05, 3.63) is 27.1 Å². The lowest BCUT2D eigenvalue weighted by molar-refractivity contribution is 0.483. The quantitative estimate of drug-likeness (QED) is 0.763. The highest BCUT2D eigenvalue weighted by molar-refractivity contribution is 9.10. The topological polar surface area (TPSA) is 104 Å². The van der Waals surface area contributed by atoms with Crippen LogP contribution in [-0.4, -0.2) is 16.8 Å². The van der Waals surface area contributed by atoms with Crippen molar-refractivity contribution in [2.24, 2.45) is 5.14 Å². The fraction of sp³-hybridized carbons (Fsp3) is 0.111. The maximum absolute atomic E-state index is 11.6. The van der Waals surface area contributed by atoms with E-state index >= 15 is 0 Å². The molecule has 18 heavy (non-hydrogen) atoms. The largest absolute Gasteiger partial charge is 0.377 e. The summed E-state index contributed by atoms with van der Waals surface area (Å²) in [5, 5.41) is 5.03. The van der Waals surface area contributed by atoms with Crippen molar-refractivity contribution >= 4 is 42.1 Å². The van der Waals surface area contributed by atoms with Crippen molar-refractivity contribution in [3.8, 4) is 5.75 Å². The molecule has 6 nitrogen and oxygen atoms in total. The number of rotatable bonds is 1. The minimum absolute atomic E-state index is 0.00605. The fourth-order valence-electron chi connectivity index (χ4n) is 1.46. The van der Waals surface area contributed by atoms with Crippen LogP contribution >= 0.6 is 15.9 Å². The molecule has 98 valence electrons. The molecule has 0 aromatic heterocycles. The maximum atomic E-state index is 11.6. The molecule has 1 aliphatic heterocycles. The molecular weight excluding hydrogens is 346 g/mol. The van der Waals surface area contributed by atoms with Gasteiger partial charge in [0.05, 0.1) is 4.91 Å². The van der Waals surface area contributed by atoms with E-state index in [9.17, 15) is 16.8 Å². The Kier molecular flexibility index (Phi) is 3.05. The molecule has 0 unspecified atom stereocenters. The molecule has 2 N–H and O–H groups in total. The molecule has 1 heterocycles. The number of hydrogen-bond acceptors (Lipinski definition) is 5. The zero-order valence-corrected chi connectivity index (χ0v) is 12.3. The number of allylic oxidation sites excluding steroid dienone is 1. The second-order valence-corrected chi connectivity index (χ2v) is 7.82. The molecule has 0 radical (unpaired) electrons. The van der Waals surface area contributed by atoms with Gasteiger partial charge in [-0.25, -0.2) is 13.6 Å². The smallest absolute Gasteiger partial charge is 0.335 e. The van der Waals surface area contributed by atoms with Gasteiger partial charge in [0.15, 0.2) is 5.75 Å². The van der Waals surface area contributed by atoms with E-state index in [0.29, 0.717) is 10.0 Å². The first-order chi connectivity index (χ1) is 8.11. The van der Waals surface area contributed by atoms with E-state index in [1.165, 1.54) is 19.1 Å². The summed E-state index contributed by atoms with van der Waals surface area (Å²) in [5.41, 5.74) is 0.334. The molecule has 0 saturated carbocycles. The van der Waals surface area contributed by atoms with Crippen LogP contribution in [0.4, 0.5) is 0 Å². The minimum atomic E-state index is -4.08. The molecule has 0 saturated heterocycles. The van der Waals surface area contributed by atoms with Gasteiger partial charge in [-0.2, -0.15) is 8.42 Å². The molecule has 0 amide bonds. The summed E-state index contributed by atoms with van der Waals surface area (Å²) in [7, 11) is -8.03. The highest BCUT2D eigenvalue weighted by atomic mass is 79.9. The summed E-state index contributed by atoms with van der Waals surface area (Å²) in [6, 6.07) is 2.74. The Morgan fingerprint density at radius 1 is 1.33 bits per heavy atom. The van der Waals surface area contributed by atoms with Gasteiger partial charge < -0.3 is 4.18 Å². The van der Waals surface area contributed by atoms with Crippen LogP contribution < -0.4 is 9.32 Å². The van der Waals surface area contributed by atoms with Crippen molar-refractivity contribution in [2.45, 2.75) is 11.8 Å². The molecule has 0 fully saturated rings. The van der Waals surface area contributed by atoms with E-state index in [1.54, 1.807) is 6.07 Å². The average molecular weight is 354 g/mol. The predicted molar refractivity (Wildman–Crippen MR) is 68.7 cm³/mol. The summed E-state index contributed by atoms with van der Waals surface area (Å²) in [6.45, 7) is 1.36. The lowest BCUT2D eigenvalue weighted by atomic mass is 10.2. The third-order valence-corrected chi connectivity index (χ3v) is 4.97. The van der Waals surface area contributed by atoms with Crippen molar-refractivity contribution in [1.29, 1.82) is 0 Å². The number of nitrogens with two attached hydrogens (primary N) is 1. The number of hydrogen-bond donors (Lipinski definition) is 1. The standard InChI is InChI=1S/C9H8BrNO5S2/c1-5-2-6-3-7(10)4-8(17(11,12)13)9(6)16-18(5,14)15/h2-4H,1H3,(H2,11,12,13). The lowest BCUT2D eigenvalue weighted by Gasteiger charge is -2.18. The SMILES string of the molecule is CC1=Cc2cc(Br)cc(S(N)(=O)=O)c2OS1(=O)=O. The molecule has 0 atom stereocenters. The number of primary sulfonamides is 1. The second-order valence-electron chi connectivity index (χ2n) is 3.66. The van der Waals surface area contributed by atoms with Crippen LogP contribution in [0.15, 0.2) is 26.4 Å². The maximum Gasteiger partial charge on any atom is 0.335 e. The van der Waals surface area contributed by atoms with Crippen LogP contribution in [-0.2, 0) is 20.1 Å². The van der Waals surface area contributed by atoms with Gasteiger partial charge in [-0.1, -0.05) is 15.9 Å². The van der Waals surface area contributed by atoms with E-state index < -0.39 is 20.1 Å². The van der Waals surface area contributed by atoms with E-state index in [0.717, 1.165) is 0 Å². The van der Waals surface area contributed by atoms with Crippen LogP contribution in [0.2, 0.25) is 0 Å². The molecule has 0 aliphatic carbocycles. The highest BCUT2D eigenvalue weighted by Crippen LogP contribution is 2.38. The third-order valence-electron chi connectivity index (χ3n) is 2.30. The van der Waals surface area contributed by atoms with Gasteiger partial charge in [0, 0.05) is 10.0 Å². The average Bonchev–Trinajstić information content (AvgIpc) is 2.18. The van der Waals surface area contributed by atoms with Gasteiger partial charge in [-0.15, -0.1) is 0 Å². The summed E-state index contributed by atoms with van der Waals surface area (Å²) < 4.78 is 51.2. The van der Waals surface area contributed by atoms with Crippen LogP contribution in [0.1, 0.15) is 12.5 Å². The Bertz CT molecular complexity index is 764. The van der Waals surface area contributed by atoms with Gasteiger partial charge in [0.25, 0.3) is 0 Å². The summed E-state index contributed by atoms with van der Waals surface area (Å²) >= 11 is 3.13. The predicted octanol–water partition coefficient (Wildman–Crippen LogP) is 1.18. The zero-order valence-electron chi connectivity index (χ0n) is 9.05. The van der Waals surface area contributed by atoms with Gasteiger partial charge in [-0.3, -0.25) is 0 Å². The fourth-order valence-corrected chi connectivity index (χ4v) is 3.66. The first kappa shape index (κ1) is 13.5. The molecule has 1 aromatic carbocycles. The summed E-state index contributed by atoms with van der Waals surface area (Å²) in [5.74, 6) is -0.272. The van der Waals surface area contributed by atoms with Crippen molar-refractivity contribution in [2.75, 3.05) is 0 Å². The van der Waals surface area contributed by atoms with Gasteiger partial charge in [0.1, 0.15) is 4.90 Å². The molecule has 1 aliphatic rings. The molecule has 1 aromatic rings. The second kappa shape index (κ2) is 4.05. The molecular formula is C9H8BrNO5S2. The molecule has 0 bridgehead atoms. The van der Waals surface area contributed by atoms with Crippen LogP contribution in [0.3, 0.4) is 0 Å². The van der Waals surface area contributed by atoms with E-state index in [2.05, 4.69) is 15.9 Å². The molecule has 9 heteroatoms. The summed E-state index contributed by atoms with van der Waals surface area (Å²) in [6.07, 6.45) is 1.33. The Labute approximate surface area is 113 Å². The number of sulfonamides is 1. The van der Waals surface area contributed by atoms with Crippen LogP contribution in [0.5, 0.6) is 5.75 Å². The van der Waals surface area contributed by atoms with E-state index in [1.807, 2.05) is 0 Å². The molecule has 2 rings (SSSR count). The first-order valence-electron chi connectivity index (χ1n) is 4.60. The first-order valence-corrected chi connectivity index (χ1v) is 8.35. The minimum Gasteiger partial charge on any atom is -0.377 e. The number of fused-ring (bicyclic) bond motifs is 1. The number of halogens is 1. The third kappa shape index (κ3) is 2.30. The van der Waals surface area contributed by atoms with E-state index in [4.69, 9.17) is 9.32 Å². The Balaban J connectivity index is 2.86.